The molecule has 1 saturated heterocycles. The van der Waals surface area contributed by atoms with Crippen molar-refractivity contribution in [2.24, 2.45) is 0 Å². The molecule has 32 heavy (non-hydrogen) atoms. The minimum absolute atomic E-state index is 0.0283. The molecule has 160 valence electrons. The number of benzene rings is 2. The standard InChI is InChI=1S/C24H17ClN2O5/c1-13-2-4-16(25)11-17(13)27-21(14-6-8-26-9-7-14)20(23(29)24(27)30)22(28)15-3-5-18-19(10-15)32-12-31-18/h2-11,21,28H,12H2,1H3/b22-20-. The van der Waals surface area contributed by atoms with Gasteiger partial charge in [-0.05, 0) is 60.5 Å². The zero-order chi connectivity index (χ0) is 22.4. The van der Waals surface area contributed by atoms with Gasteiger partial charge in [-0.1, -0.05) is 17.7 Å². The van der Waals surface area contributed by atoms with Crippen molar-refractivity contribution < 1.29 is 24.2 Å². The van der Waals surface area contributed by atoms with E-state index in [1.165, 1.54) is 4.90 Å². The van der Waals surface area contributed by atoms with Crippen molar-refractivity contribution in [3.63, 3.8) is 0 Å². The second-order valence-electron chi connectivity index (χ2n) is 7.45. The lowest BCUT2D eigenvalue weighted by molar-refractivity contribution is -0.132. The largest absolute Gasteiger partial charge is 0.507 e. The summed E-state index contributed by atoms with van der Waals surface area (Å²) in [5.41, 5.74) is 2.19. The predicted octanol–water partition coefficient (Wildman–Crippen LogP) is 4.40. The lowest BCUT2D eigenvalue weighted by atomic mass is 9.95. The van der Waals surface area contributed by atoms with Gasteiger partial charge in [-0.2, -0.15) is 0 Å². The molecule has 1 amide bonds. The third kappa shape index (κ3) is 3.18. The molecule has 0 spiro atoms. The Labute approximate surface area is 188 Å². The number of ketones is 1. The summed E-state index contributed by atoms with van der Waals surface area (Å²) in [4.78, 5) is 31.8. The monoisotopic (exact) mass is 448 g/mol. The number of aliphatic hydroxyl groups excluding tert-OH is 1. The van der Waals surface area contributed by atoms with Crippen LogP contribution in [0.3, 0.4) is 0 Å². The Balaban J connectivity index is 1.73. The van der Waals surface area contributed by atoms with E-state index in [4.69, 9.17) is 21.1 Å². The Hall–Kier alpha value is -3.84. The van der Waals surface area contributed by atoms with Crippen LogP contribution in [0.1, 0.15) is 22.7 Å². The number of aliphatic hydroxyl groups is 1. The molecule has 1 N–H and O–H groups in total. The van der Waals surface area contributed by atoms with E-state index in [-0.39, 0.29) is 18.1 Å². The highest BCUT2D eigenvalue weighted by atomic mass is 35.5. The maximum Gasteiger partial charge on any atom is 0.300 e. The van der Waals surface area contributed by atoms with Crippen LogP contribution >= 0.6 is 11.6 Å². The third-order valence-corrected chi connectivity index (χ3v) is 5.78. The molecule has 7 nitrogen and oxygen atoms in total. The molecule has 3 aromatic rings. The summed E-state index contributed by atoms with van der Waals surface area (Å²) in [6, 6.07) is 12.5. The first-order valence-corrected chi connectivity index (χ1v) is 10.2. The number of rotatable bonds is 3. The average molecular weight is 449 g/mol. The third-order valence-electron chi connectivity index (χ3n) is 5.54. The van der Waals surface area contributed by atoms with Crippen molar-refractivity contribution in [2.75, 3.05) is 11.7 Å². The summed E-state index contributed by atoms with van der Waals surface area (Å²) in [6.07, 6.45) is 3.14. The van der Waals surface area contributed by atoms with Gasteiger partial charge in [0.2, 0.25) is 6.79 Å². The number of aryl methyl sites for hydroxylation is 1. The average Bonchev–Trinajstić information content (AvgIpc) is 3.38. The maximum absolute atomic E-state index is 13.2. The van der Waals surface area contributed by atoms with Gasteiger partial charge in [0.05, 0.1) is 11.6 Å². The highest BCUT2D eigenvalue weighted by molar-refractivity contribution is 6.52. The van der Waals surface area contributed by atoms with Gasteiger partial charge < -0.3 is 14.6 Å². The maximum atomic E-state index is 13.2. The predicted molar refractivity (Wildman–Crippen MR) is 118 cm³/mol. The van der Waals surface area contributed by atoms with Crippen LogP contribution in [0.4, 0.5) is 5.69 Å². The lowest BCUT2D eigenvalue weighted by Crippen LogP contribution is -2.30. The molecule has 2 aromatic carbocycles. The van der Waals surface area contributed by atoms with Crippen LogP contribution in [0.2, 0.25) is 5.02 Å². The molecule has 0 radical (unpaired) electrons. The molecule has 5 rings (SSSR count). The van der Waals surface area contributed by atoms with Crippen molar-refractivity contribution in [3.8, 4) is 11.5 Å². The van der Waals surface area contributed by atoms with Crippen molar-refractivity contribution in [1.82, 2.24) is 4.98 Å². The molecule has 0 saturated carbocycles. The van der Waals surface area contributed by atoms with E-state index in [1.807, 2.05) is 6.92 Å². The number of amides is 1. The number of hydrogen-bond acceptors (Lipinski definition) is 6. The van der Waals surface area contributed by atoms with Crippen LogP contribution in [0, 0.1) is 6.92 Å². The van der Waals surface area contributed by atoms with Gasteiger partial charge in [0.15, 0.2) is 11.5 Å². The van der Waals surface area contributed by atoms with E-state index in [9.17, 15) is 14.7 Å². The van der Waals surface area contributed by atoms with Gasteiger partial charge in [0, 0.05) is 28.7 Å². The highest BCUT2D eigenvalue weighted by Gasteiger charge is 2.47. The summed E-state index contributed by atoms with van der Waals surface area (Å²) < 4.78 is 10.7. The Kier molecular flexibility index (Phi) is 4.83. The van der Waals surface area contributed by atoms with Crippen molar-refractivity contribution >= 4 is 34.7 Å². The number of aromatic nitrogens is 1. The number of ether oxygens (including phenoxy) is 2. The van der Waals surface area contributed by atoms with E-state index in [2.05, 4.69) is 4.98 Å². The quantitative estimate of drug-likeness (QED) is 0.363. The van der Waals surface area contributed by atoms with E-state index in [0.29, 0.717) is 33.3 Å². The number of hydrogen-bond donors (Lipinski definition) is 1. The summed E-state index contributed by atoms with van der Waals surface area (Å²) in [6.45, 7) is 1.90. The Morgan fingerprint density at radius 3 is 2.59 bits per heavy atom. The van der Waals surface area contributed by atoms with Crippen LogP contribution in [-0.2, 0) is 9.59 Å². The number of fused-ring (bicyclic) bond motifs is 1. The fourth-order valence-corrected chi connectivity index (χ4v) is 4.15. The molecule has 1 fully saturated rings. The fourth-order valence-electron chi connectivity index (χ4n) is 3.98. The minimum atomic E-state index is -0.861. The number of halogens is 1. The van der Waals surface area contributed by atoms with Crippen molar-refractivity contribution in [3.05, 3.63) is 88.2 Å². The SMILES string of the molecule is Cc1ccc(Cl)cc1N1C(=O)C(=O)/C(=C(\O)c2ccc3c(c2)OCO3)C1c1ccncc1. The van der Waals surface area contributed by atoms with Crippen molar-refractivity contribution in [2.45, 2.75) is 13.0 Å². The minimum Gasteiger partial charge on any atom is -0.507 e. The number of anilines is 1. The first kappa shape index (κ1) is 20.1. The number of carbonyl (C=O) groups excluding carboxylic acids is 2. The van der Waals surface area contributed by atoms with Gasteiger partial charge in [-0.15, -0.1) is 0 Å². The van der Waals surface area contributed by atoms with Gasteiger partial charge in [-0.25, -0.2) is 0 Å². The Bertz CT molecular complexity index is 1290. The van der Waals surface area contributed by atoms with Gasteiger partial charge in [0.25, 0.3) is 11.7 Å². The second-order valence-corrected chi connectivity index (χ2v) is 7.88. The molecule has 1 atom stereocenters. The molecule has 0 bridgehead atoms. The van der Waals surface area contributed by atoms with Crippen molar-refractivity contribution in [1.29, 1.82) is 0 Å². The van der Waals surface area contributed by atoms with E-state index >= 15 is 0 Å². The molecule has 2 aliphatic rings. The Morgan fingerprint density at radius 2 is 1.81 bits per heavy atom. The van der Waals surface area contributed by atoms with Crippen LogP contribution in [0.15, 0.2) is 66.5 Å². The number of Topliss-reactive ketones (excluding diaryl/α,β-unsaturated/α-hetero) is 1. The smallest absolute Gasteiger partial charge is 0.300 e. The molecule has 2 aliphatic heterocycles. The summed E-state index contributed by atoms with van der Waals surface area (Å²) in [5.74, 6) is -0.844. The van der Waals surface area contributed by atoms with Gasteiger partial charge >= 0.3 is 0 Å². The van der Waals surface area contributed by atoms with Crippen LogP contribution in [0.25, 0.3) is 5.76 Å². The molecular weight excluding hydrogens is 432 g/mol. The zero-order valence-electron chi connectivity index (χ0n) is 16.9. The number of nitrogens with zero attached hydrogens (tertiary/aromatic N) is 2. The highest BCUT2D eigenvalue weighted by Crippen LogP contribution is 2.44. The van der Waals surface area contributed by atoms with E-state index in [1.54, 1.807) is 60.9 Å². The number of carbonyl (C=O) groups is 2. The molecule has 8 heteroatoms. The van der Waals surface area contributed by atoms with Crippen LogP contribution < -0.4 is 14.4 Å². The first-order valence-electron chi connectivity index (χ1n) is 9.83. The van der Waals surface area contributed by atoms with E-state index < -0.39 is 17.7 Å². The van der Waals surface area contributed by atoms with Crippen LogP contribution in [0.5, 0.6) is 11.5 Å². The normalized spacial score (nSPS) is 18.9. The fraction of sp³-hybridized carbons (Fsp3) is 0.125. The summed E-state index contributed by atoms with van der Waals surface area (Å²) in [5, 5.41) is 11.6. The topological polar surface area (TPSA) is 89.0 Å². The van der Waals surface area contributed by atoms with Gasteiger partial charge in [-0.3, -0.25) is 19.5 Å². The first-order chi connectivity index (χ1) is 15.5. The summed E-state index contributed by atoms with van der Waals surface area (Å²) in [7, 11) is 0. The molecule has 0 aliphatic carbocycles. The Morgan fingerprint density at radius 1 is 1.06 bits per heavy atom. The molecule has 1 aromatic heterocycles. The molecule has 1 unspecified atom stereocenters. The zero-order valence-corrected chi connectivity index (χ0v) is 17.7. The molecular formula is C24H17ClN2O5. The number of pyridine rings is 1. The summed E-state index contributed by atoms with van der Waals surface area (Å²) >= 11 is 6.20. The second kappa shape index (κ2) is 7.69. The lowest BCUT2D eigenvalue weighted by Gasteiger charge is -2.26. The van der Waals surface area contributed by atoms with Gasteiger partial charge in [0.1, 0.15) is 5.76 Å². The van der Waals surface area contributed by atoms with E-state index in [0.717, 1.165) is 5.56 Å². The van der Waals surface area contributed by atoms with Crippen LogP contribution in [-0.4, -0.2) is 28.6 Å². The molecule has 3 heterocycles.